The van der Waals surface area contributed by atoms with Crippen molar-refractivity contribution in [3.05, 3.63) is 58.6 Å². The zero-order valence-electron chi connectivity index (χ0n) is 16.9. The van der Waals surface area contributed by atoms with Crippen LogP contribution in [0.2, 0.25) is 0 Å². The summed E-state index contributed by atoms with van der Waals surface area (Å²) in [4.78, 5) is 62.1. The molecular formula is C22H19N3O7. The fourth-order valence-corrected chi connectivity index (χ4v) is 3.80. The average Bonchev–Trinajstić information content (AvgIpc) is 3.16. The Bertz CT molecular complexity index is 1100. The number of amides is 3. The van der Waals surface area contributed by atoms with Crippen molar-refractivity contribution in [1.82, 2.24) is 0 Å². The normalized spacial score (nSPS) is 18.8. The van der Waals surface area contributed by atoms with Gasteiger partial charge in [-0.25, -0.2) is 0 Å². The summed E-state index contributed by atoms with van der Waals surface area (Å²) < 4.78 is 5.43. The molecule has 2 aromatic rings. The van der Waals surface area contributed by atoms with Gasteiger partial charge in [-0.05, 0) is 30.7 Å². The SMILES string of the molecule is O=C(Oc1cccc(N2C(=O)CCCC2=O)c1)[C@H]1CC(=O)N(c2ccc([N+](=O)[O-])cc2)C1. The molecule has 2 aliphatic heterocycles. The number of non-ortho nitro benzene ring substituents is 1. The number of anilines is 2. The van der Waals surface area contributed by atoms with Crippen LogP contribution < -0.4 is 14.5 Å². The molecule has 10 heteroatoms. The number of carbonyl (C=O) groups excluding carboxylic acids is 4. The van der Waals surface area contributed by atoms with E-state index in [0.29, 0.717) is 17.8 Å². The van der Waals surface area contributed by atoms with E-state index < -0.39 is 16.8 Å². The van der Waals surface area contributed by atoms with Gasteiger partial charge in [0.2, 0.25) is 17.7 Å². The minimum absolute atomic E-state index is 0.0569. The van der Waals surface area contributed by atoms with E-state index in [1.807, 2.05) is 0 Å². The van der Waals surface area contributed by atoms with E-state index in [1.165, 1.54) is 41.3 Å². The maximum atomic E-state index is 12.7. The molecule has 0 radical (unpaired) electrons. The number of hydrogen-bond donors (Lipinski definition) is 0. The fourth-order valence-electron chi connectivity index (χ4n) is 3.80. The van der Waals surface area contributed by atoms with Crippen LogP contribution in [0, 0.1) is 16.0 Å². The van der Waals surface area contributed by atoms with Crippen molar-refractivity contribution in [2.75, 3.05) is 16.3 Å². The monoisotopic (exact) mass is 437 g/mol. The molecule has 0 unspecified atom stereocenters. The first-order chi connectivity index (χ1) is 15.3. The Labute approximate surface area is 182 Å². The Hall–Kier alpha value is -4.08. The number of benzene rings is 2. The molecule has 0 N–H and O–H groups in total. The number of rotatable bonds is 5. The fraction of sp³-hybridized carbons (Fsp3) is 0.273. The zero-order chi connectivity index (χ0) is 22.8. The van der Waals surface area contributed by atoms with Crippen LogP contribution in [0.5, 0.6) is 5.75 Å². The average molecular weight is 437 g/mol. The van der Waals surface area contributed by atoms with E-state index in [-0.39, 0.29) is 55.0 Å². The molecule has 3 amide bonds. The number of nitrogens with zero attached hydrogens (tertiary/aromatic N) is 3. The first-order valence-electron chi connectivity index (χ1n) is 10.1. The molecule has 4 rings (SSSR count). The summed E-state index contributed by atoms with van der Waals surface area (Å²) in [5.74, 6) is -2.07. The molecule has 2 heterocycles. The van der Waals surface area contributed by atoms with E-state index in [2.05, 4.69) is 0 Å². The van der Waals surface area contributed by atoms with Gasteiger partial charge in [0, 0.05) is 49.7 Å². The number of nitro groups is 1. The number of esters is 1. The molecule has 32 heavy (non-hydrogen) atoms. The highest BCUT2D eigenvalue weighted by molar-refractivity contribution is 6.16. The smallest absolute Gasteiger partial charge is 0.316 e. The molecule has 0 saturated carbocycles. The van der Waals surface area contributed by atoms with Crippen LogP contribution in [0.15, 0.2) is 48.5 Å². The second-order valence-corrected chi connectivity index (χ2v) is 7.57. The van der Waals surface area contributed by atoms with Gasteiger partial charge in [-0.15, -0.1) is 0 Å². The lowest BCUT2D eigenvalue weighted by atomic mass is 10.1. The van der Waals surface area contributed by atoms with Gasteiger partial charge in [0.15, 0.2) is 0 Å². The number of nitro benzene ring substituents is 1. The molecule has 0 bridgehead atoms. The highest BCUT2D eigenvalue weighted by Crippen LogP contribution is 2.29. The lowest BCUT2D eigenvalue weighted by molar-refractivity contribution is -0.384. The number of hydrogen-bond acceptors (Lipinski definition) is 7. The molecule has 2 fully saturated rings. The van der Waals surface area contributed by atoms with Gasteiger partial charge in [0.05, 0.1) is 16.5 Å². The first-order valence-corrected chi connectivity index (χ1v) is 10.1. The maximum absolute atomic E-state index is 12.7. The molecule has 2 saturated heterocycles. The Kier molecular flexibility index (Phi) is 5.67. The molecule has 1 atom stereocenters. The Morgan fingerprint density at radius 2 is 1.66 bits per heavy atom. The number of ether oxygens (including phenoxy) is 1. The largest absolute Gasteiger partial charge is 0.426 e. The molecular weight excluding hydrogens is 418 g/mol. The number of piperidine rings is 1. The summed E-state index contributed by atoms with van der Waals surface area (Å²) in [6, 6.07) is 11.7. The minimum Gasteiger partial charge on any atom is -0.426 e. The van der Waals surface area contributed by atoms with Crippen LogP contribution in [-0.2, 0) is 19.2 Å². The van der Waals surface area contributed by atoms with Crippen LogP contribution in [0.3, 0.4) is 0 Å². The second kappa shape index (κ2) is 8.58. The van der Waals surface area contributed by atoms with Crippen LogP contribution in [0.1, 0.15) is 25.7 Å². The predicted molar refractivity (Wildman–Crippen MR) is 112 cm³/mol. The van der Waals surface area contributed by atoms with Gasteiger partial charge in [-0.2, -0.15) is 0 Å². The van der Waals surface area contributed by atoms with Crippen LogP contribution in [0.4, 0.5) is 17.1 Å². The molecule has 0 spiro atoms. The summed E-state index contributed by atoms with van der Waals surface area (Å²) >= 11 is 0. The standard InChI is InChI=1S/C22H19N3O7/c26-19-5-2-6-20(27)24(19)17-3-1-4-18(12-17)32-22(29)14-11-21(28)23(13-14)15-7-9-16(10-8-15)25(30)31/h1,3-4,7-10,12,14H,2,5-6,11,13H2/t14-/m0/s1. The molecule has 10 nitrogen and oxygen atoms in total. The van der Waals surface area contributed by atoms with Gasteiger partial charge in [-0.1, -0.05) is 6.07 Å². The van der Waals surface area contributed by atoms with Crippen LogP contribution >= 0.6 is 0 Å². The summed E-state index contributed by atoms with van der Waals surface area (Å²) in [5.41, 5.74) is 0.696. The highest BCUT2D eigenvalue weighted by Gasteiger charge is 2.37. The topological polar surface area (TPSA) is 127 Å². The second-order valence-electron chi connectivity index (χ2n) is 7.57. The van der Waals surface area contributed by atoms with E-state index >= 15 is 0 Å². The highest BCUT2D eigenvalue weighted by atomic mass is 16.6. The summed E-state index contributed by atoms with van der Waals surface area (Å²) in [7, 11) is 0. The van der Waals surface area contributed by atoms with Crippen molar-refractivity contribution in [3.63, 3.8) is 0 Å². The van der Waals surface area contributed by atoms with Crippen molar-refractivity contribution in [2.24, 2.45) is 5.92 Å². The summed E-state index contributed by atoms with van der Waals surface area (Å²) in [6.45, 7) is 0.0816. The molecule has 0 aromatic heterocycles. The van der Waals surface area contributed by atoms with Gasteiger partial charge in [0.1, 0.15) is 5.75 Å². The predicted octanol–water partition coefficient (Wildman–Crippen LogP) is 2.60. The number of imide groups is 1. The minimum atomic E-state index is -0.723. The lowest BCUT2D eigenvalue weighted by Crippen LogP contribution is -2.40. The van der Waals surface area contributed by atoms with E-state index in [1.54, 1.807) is 12.1 Å². The number of carbonyl (C=O) groups is 4. The van der Waals surface area contributed by atoms with Gasteiger partial charge >= 0.3 is 5.97 Å². The van der Waals surface area contributed by atoms with Crippen molar-refractivity contribution in [1.29, 1.82) is 0 Å². The third-order valence-corrected chi connectivity index (χ3v) is 5.40. The third-order valence-electron chi connectivity index (χ3n) is 5.40. The molecule has 0 aliphatic carbocycles. The Morgan fingerprint density at radius 1 is 0.969 bits per heavy atom. The van der Waals surface area contributed by atoms with Crippen molar-refractivity contribution in [3.8, 4) is 5.75 Å². The van der Waals surface area contributed by atoms with Crippen molar-refractivity contribution >= 4 is 40.8 Å². The molecule has 2 aromatic carbocycles. The summed E-state index contributed by atoms with van der Waals surface area (Å²) in [5, 5.41) is 10.8. The van der Waals surface area contributed by atoms with E-state index in [4.69, 9.17) is 4.74 Å². The molecule has 2 aliphatic rings. The summed E-state index contributed by atoms with van der Waals surface area (Å²) in [6.07, 6.45) is 1.01. The third kappa shape index (κ3) is 4.20. The van der Waals surface area contributed by atoms with Gasteiger partial charge in [0.25, 0.3) is 5.69 Å². The maximum Gasteiger partial charge on any atom is 0.316 e. The zero-order valence-corrected chi connectivity index (χ0v) is 16.9. The Balaban J connectivity index is 1.44. The van der Waals surface area contributed by atoms with Crippen molar-refractivity contribution in [2.45, 2.75) is 25.7 Å². The molecule has 164 valence electrons. The van der Waals surface area contributed by atoms with Gasteiger partial charge in [-0.3, -0.25) is 34.2 Å². The first kappa shape index (κ1) is 21.2. The lowest BCUT2D eigenvalue weighted by Gasteiger charge is -2.25. The van der Waals surface area contributed by atoms with Gasteiger partial charge < -0.3 is 9.64 Å². The van der Waals surface area contributed by atoms with Crippen LogP contribution in [0.25, 0.3) is 0 Å². The van der Waals surface area contributed by atoms with Crippen LogP contribution in [-0.4, -0.2) is 35.2 Å². The quantitative estimate of drug-likeness (QED) is 0.231. The Morgan fingerprint density at radius 3 is 2.31 bits per heavy atom. The van der Waals surface area contributed by atoms with Crippen molar-refractivity contribution < 1.29 is 28.8 Å². The van der Waals surface area contributed by atoms with E-state index in [0.717, 1.165) is 4.90 Å². The van der Waals surface area contributed by atoms with E-state index in [9.17, 15) is 29.3 Å².